The largest absolute Gasteiger partial charge is 0.497 e. The van der Waals surface area contributed by atoms with Crippen molar-refractivity contribution in [1.82, 2.24) is 0 Å². The van der Waals surface area contributed by atoms with Gasteiger partial charge in [0.1, 0.15) is 11.5 Å². The van der Waals surface area contributed by atoms with Crippen molar-refractivity contribution < 1.29 is 35.8 Å². The van der Waals surface area contributed by atoms with E-state index in [0.29, 0.717) is 34.8 Å². The Bertz CT molecular complexity index is 2720. The van der Waals surface area contributed by atoms with E-state index < -0.39 is 23.5 Å². The summed E-state index contributed by atoms with van der Waals surface area (Å²) in [5.41, 5.74) is 22.3. The molecule has 6 rings (SSSR count). The minimum Gasteiger partial charge on any atom is -0.497 e. The van der Waals surface area contributed by atoms with Crippen LogP contribution in [0.25, 0.3) is 0 Å². The Hall–Kier alpha value is -5.50. The highest BCUT2D eigenvalue weighted by Crippen LogP contribution is 2.37. The maximum atomic E-state index is 12.5. The van der Waals surface area contributed by atoms with Crippen molar-refractivity contribution >= 4 is 0 Å². The Kier molecular flexibility index (Phi) is 27.3. The Morgan fingerprint density at radius 3 is 0.962 bits per heavy atom. The Morgan fingerprint density at radius 1 is 0.346 bits per heavy atom. The van der Waals surface area contributed by atoms with Crippen LogP contribution in [0.4, 0.5) is 26.3 Å². The second-order valence-electron chi connectivity index (χ2n) is 23.5. The van der Waals surface area contributed by atoms with E-state index in [1.165, 1.54) is 112 Å². The lowest BCUT2D eigenvalue weighted by Crippen LogP contribution is -2.12. The Balaban J connectivity index is 0.000000468. The van der Waals surface area contributed by atoms with Crippen LogP contribution in [-0.2, 0) is 17.8 Å². The molecule has 0 spiro atoms. The topological polar surface area (TPSA) is 18.5 Å². The molecule has 0 unspecified atom stereocenters. The molecule has 0 bridgehead atoms. The highest BCUT2D eigenvalue weighted by Gasteiger charge is 2.34. The summed E-state index contributed by atoms with van der Waals surface area (Å²) in [6.45, 7) is 52.9. The maximum absolute atomic E-state index is 12.5. The zero-order valence-corrected chi connectivity index (χ0v) is 52.9. The number of ether oxygens (including phenoxy) is 2. The molecule has 0 aromatic heterocycles. The van der Waals surface area contributed by atoms with Crippen LogP contribution in [0.2, 0.25) is 0 Å². The van der Waals surface area contributed by atoms with Crippen molar-refractivity contribution in [3.63, 3.8) is 0 Å². The van der Waals surface area contributed by atoms with Gasteiger partial charge in [-0.3, -0.25) is 0 Å². The molecule has 0 aliphatic heterocycles. The van der Waals surface area contributed by atoms with Gasteiger partial charge in [0.25, 0.3) is 0 Å². The number of methoxy groups -OCH3 is 2. The highest BCUT2D eigenvalue weighted by atomic mass is 19.4. The van der Waals surface area contributed by atoms with Crippen molar-refractivity contribution in [2.24, 2.45) is 0 Å². The third-order valence-electron chi connectivity index (χ3n) is 14.9. The fourth-order valence-corrected chi connectivity index (χ4v) is 8.94. The fourth-order valence-electron chi connectivity index (χ4n) is 8.94. The summed E-state index contributed by atoms with van der Waals surface area (Å²) >= 11 is 0. The molecule has 0 amide bonds. The van der Waals surface area contributed by atoms with Gasteiger partial charge in [-0.2, -0.15) is 26.3 Å². The van der Waals surface area contributed by atoms with Gasteiger partial charge < -0.3 is 9.47 Å². The second kappa shape index (κ2) is 30.2. The molecule has 6 aromatic rings. The first-order valence-corrected chi connectivity index (χ1v) is 27.4. The van der Waals surface area contributed by atoms with Crippen LogP contribution in [0.3, 0.4) is 0 Å². The van der Waals surface area contributed by atoms with Gasteiger partial charge in [0, 0.05) is 0 Å². The van der Waals surface area contributed by atoms with Gasteiger partial charge in [0.05, 0.1) is 25.3 Å². The highest BCUT2D eigenvalue weighted by molar-refractivity contribution is 5.45. The molecule has 0 N–H and O–H groups in total. The Labute approximate surface area is 469 Å². The molecule has 0 heterocycles. The minimum absolute atomic E-state index is 0.237. The number of aryl methyl sites for hydroxylation is 8. The first-order valence-electron chi connectivity index (χ1n) is 27.4. The van der Waals surface area contributed by atoms with Gasteiger partial charge >= 0.3 is 12.4 Å². The molecule has 0 atom stereocenters. The zero-order chi connectivity index (χ0) is 60.7. The molecule has 0 fully saturated rings. The summed E-state index contributed by atoms with van der Waals surface area (Å²) < 4.78 is 84.5. The molecule has 78 heavy (non-hydrogen) atoms. The molecule has 6 aromatic carbocycles. The van der Waals surface area contributed by atoms with Crippen LogP contribution >= 0.6 is 0 Å². The van der Waals surface area contributed by atoms with E-state index in [-0.39, 0.29) is 28.0 Å². The molecule has 0 aliphatic carbocycles. The van der Waals surface area contributed by atoms with E-state index in [9.17, 15) is 26.3 Å². The lowest BCUT2D eigenvalue weighted by Gasteiger charge is -2.21. The average molecular weight is 1090 g/mol. The first kappa shape index (κ1) is 70.5. The maximum Gasteiger partial charge on any atom is 0.416 e. The van der Waals surface area contributed by atoms with Crippen molar-refractivity contribution in [2.75, 3.05) is 14.2 Å². The molecule has 8 heteroatoms. The SMILES string of the molecule is COc1cc(C)c(C)c(C(F)(F)F)c1.COc1cc(C)c(C)c(C(F)(F)F)c1.Cc1c(C(C)C)cccc1C(C)C.Cc1cc(C(C)(C)C)cc(C)c1C.Cc1cc(C(C)C)cc(C)c1C.Cc1cc(C)c(C)c(C(C)C)c1. The molecule has 0 saturated carbocycles. The third kappa shape index (κ3) is 21.3. The van der Waals surface area contributed by atoms with Crippen molar-refractivity contribution in [2.45, 2.75) is 215 Å². The smallest absolute Gasteiger partial charge is 0.416 e. The van der Waals surface area contributed by atoms with E-state index >= 15 is 0 Å². The molecule has 432 valence electrons. The van der Waals surface area contributed by atoms with E-state index in [4.69, 9.17) is 9.47 Å². The van der Waals surface area contributed by atoms with E-state index in [1.54, 1.807) is 26.0 Å². The number of hydrogen-bond acceptors (Lipinski definition) is 2. The van der Waals surface area contributed by atoms with Crippen LogP contribution in [-0.4, -0.2) is 14.2 Å². The number of benzene rings is 6. The normalized spacial score (nSPS) is 11.3. The molecule has 0 radical (unpaired) electrons. The summed E-state index contributed by atoms with van der Waals surface area (Å²) in [6.07, 6.45) is -8.63. The summed E-state index contributed by atoms with van der Waals surface area (Å²) in [7, 11) is 2.70. The van der Waals surface area contributed by atoms with Crippen LogP contribution in [0.15, 0.2) is 78.9 Å². The molecular formula is C70H98F6O2. The van der Waals surface area contributed by atoms with Crippen LogP contribution in [0.1, 0.15) is 217 Å². The summed E-state index contributed by atoms with van der Waals surface area (Å²) in [5, 5.41) is 0. The van der Waals surface area contributed by atoms with Crippen molar-refractivity contribution in [1.29, 1.82) is 0 Å². The van der Waals surface area contributed by atoms with E-state index in [0.717, 1.165) is 12.1 Å². The molecule has 2 nitrogen and oxygen atoms in total. The zero-order valence-electron chi connectivity index (χ0n) is 52.9. The predicted octanol–water partition coefficient (Wildman–Crippen LogP) is 22.3. The van der Waals surface area contributed by atoms with Gasteiger partial charge in [0.15, 0.2) is 0 Å². The fraction of sp³-hybridized carbons (Fsp3) is 0.486. The van der Waals surface area contributed by atoms with Crippen LogP contribution in [0.5, 0.6) is 11.5 Å². The summed E-state index contributed by atoms with van der Waals surface area (Å²) in [6, 6.07) is 25.6. The van der Waals surface area contributed by atoms with Crippen LogP contribution < -0.4 is 9.47 Å². The lowest BCUT2D eigenvalue weighted by molar-refractivity contribution is -0.139. The monoisotopic (exact) mass is 1080 g/mol. The predicted molar refractivity (Wildman–Crippen MR) is 323 cm³/mol. The van der Waals surface area contributed by atoms with Gasteiger partial charge in [0.2, 0.25) is 0 Å². The van der Waals surface area contributed by atoms with Crippen LogP contribution in [0, 0.1) is 96.9 Å². The molecule has 0 aliphatic rings. The Morgan fingerprint density at radius 2 is 0.667 bits per heavy atom. The summed E-state index contributed by atoms with van der Waals surface area (Å²) in [4.78, 5) is 0. The number of halogens is 6. The lowest BCUT2D eigenvalue weighted by atomic mass is 9.84. The third-order valence-corrected chi connectivity index (χ3v) is 14.9. The number of hydrogen-bond donors (Lipinski definition) is 0. The van der Waals surface area contributed by atoms with Gasteiger partial charge in [-0.05, 0) is 250 Å². The van der Waals surface area contributed by atoms with Crippen molar-refractivity contribution in [3.8, 4) is 11.5 Å². The van der Waals surface area contributed by atoms with Gasteiger partial charge in [-0.25, -0.2) is 0 Å². The molecular weight excluding hydrogens is 987 g/mol. The van der Waals surface area contributed by atoms with Crippen molar-refractivity contribution in [3.05, 3.63) is 196 Å². The number of alkyl halides is 6. The molecule has 0 saturated heterocycles. The average Bonchev–Trinajstić information content (AvgIpc) is 3.32. The van der Waals surface area contributed by atoms with E-state index in [1.807, 2.05) is 0 Å². The first-order chi connectivity index (χ1) is 35.6. The number of rotatable bonds is 6. The second-order valence-corrected chi connectivity index (χ2v) is 23.5. The quantitative estimate of drug-likeness (QED) is 0.155. The standard InChI is InChI=1S/2C13H20.2C12H18.2C10H11F3O/c1-9-7-12(13(4,5)6)8-10(2)11(9)3;1-9(2)12-7-6-8-13(10(3)4)11(12)5;1-8(2)12-6-9(3)11(5)10(4)7-12;1-8(2)12-7-9(3)6-10(4)11(12)5;2*1-6-4-8(14-3)5-9(7(6)2)10(11,12)13/h7-8H,1-6H3;6-10H,1-5H3;2*6-8H,1-5H3;2*4-5H,1-3H3. The summed E-state index contributed by atoms with van der Waals surface area (Å²) in [5.74, 6) is 3.03. The van der Waals surface area contributed by atoms with Gasteiger partial charge in [-0.1, -0.05) is 136 Å². The van der Waals surface area contributed by atoms with E-state index in [2.05, 4.69) is 200 Å². The minimum atomic E-state index is -4.32. The van der Waals surface area contributed by atoms with Gasteiger partial charge in [-0.15, -0.1) is 0 Å².